The van der Waals surface area contributed by atoms with Crippen LogP contribution >= 0.6 is 0 Å². The Labute approximate surface area is 453 Å². The standard InChI is InChI=1S/C67H118O6/c1-4-7-10-13-16-19-22-25-27-29-31-32-33-34-36-37-39-42-45-48-51-54-57-60-66(69)72-63-64(62-71-65(68)59-56-53-50-47-44-41-24-21-18-15-12-9-6-3)73-67(70)61-58-55-52-49-46-43-40-38-35-30-28-26-23-20-17-14-11-8-5-2/h7,10,12,15-16,19,21,24-25,27,31-32,64H,4-6,8-9,11,13-14,17-18,20,22-23,26,28-30,33-63H2,1-3H3/b10-7-,15-12-,19-16-,24-21-,27-25-,32-31-. The Bertz CT molecular complexity index is 1360. The van der Waals surface area contributed by atoms with Crippen molar-refractivity contribution in [3.8, 4) is 0 Å². The number of carbonyl (C=O) groups excluding carboxylic acids is 3. The fourth-order valence-electron chi connectivity index (χ4n) is 9.00. The predicted molar refractivity (Wildman–Crippen MR) is 316 cm³/mol. The van der Waals surface area contributed by atoms with E-state index < -0.39 is 6.10 Å². The van der Waals surface area contributed by atoms with Gasteiger partial charge in [-0.05, 0) is 83.5 Å². The topological polar surface area (TPSA) is 78.9 Å². The molecule has 0 fully saturated rings. The van der Waals surface area contributed by atoms with Crippen LogP contribution in [0.5, 0.6) is 0 Å². The monoisotopic (exact) mass is 1020 g/mol. The van der Waals surface area contributed by atoms with Gasteiger partial charge >= 0.3 is 17.9 Å². The summed E-state index contributed by atoms with van der Waals surface area (Å²) < 4.78 is 16.9. The van der Waals surface area contributed by atoms with E-state index in [9.17, 15) is 14.4 Å². The number of rotatable bonds is 57. The molecule has 1 unspecified atom stereocenters. The largest absolute Gasteiger partial charge is 0.462 e. The van der Waals surface area contributed by atoms with Crippen molar-refractivity contribution in [2.24, 2.45) is 0 Å². The second kappa shape index (κ2) is 61.4. The summed E-state index contributed by atoms with van der Waals surface area (Å²) in [6.07, 6.45) is 79.0. The van der Waals surface area contributed by atoms with Crippen LogP contribution < -0.4 is 0 Å². The van der Waals surface area contributed by atoms with Gasteiger partial charge in [0.05, 0.1) is 0 Å². The van der Waals surface area contributed by atoms with E-state index in [0.29, 0.717) is 19.3 Å². The number of hydrogen-bond acceptors (Lipinski definition) is 6. The lowest BCUT2D eigenvalue weighted by atomic mass is 10.0. The molecule has 0 aliphatic rings. The Kier molecular flexibility index (Phi) is 58.7. The van der Waals surface area contributed by atoms with Crippen molar-refractivity contribution in [2.75, 3.05) is 13.2 Å². The smallest absolute Gasteiger partial charge is 0.306 e. The molecule has 0 heterocycles. The molecule has 0 amide bonds. The van der Waals surface area contributed by atoms with Gasteiger partial charge < -0.3 is 14.2 Å². The van der Waals surface area contributed by atoms with E-state index in [0.717, 1.165) is 109 Å². The maximum atomic E-state index is 12.9. The Balaban J connectivity index is 4.31. The molecule has 0 aliphatic carbocycles. The average molecular weight is 1020 g/mol. The summed E-state index contributed by atoms with van der Waals surface area (Å²) in [5, 5.41) is 0. The first-order valence-corrected chi connectivity index (χ1v) is 31.4. The summed E-state index contributed by atoms with van der Waals surface area (Å²) in [4.78, 5) is 38.3. The molecule has 0 saturated heterocycles. The minimum atomic E-state index is -0.782. The highest BCUT2D eigenvalue weighted by molar-refractivity contribution is 5.71. The molecule has 0 spiro atoms. The van der Waals surface area contributed by atoms with Crippen LogP contribution in [0.1, 0.15) is 316 Å². The zero-order valence-corrected chi connectivity index (χ0v) is 48.4. The third kappa shape index (κ3) is 59.6. The van der Waals surface area contributed by atoms with E-state index in [1.54, 1.807) is 0 Å². The molecule has 1 atom stereocenters. The fourth-order valence-corrected chi connectivity index (χ4v) is 9.00. The molecular formula is C67H118O6. The van der Waals surface area contributed by atoms with Crippen molar-refractivity contribution in [3.05, 3.63) is 72.9 Å². The summed E-state index contributed by atoms with van der Waals surface area (Å²) >= 11 is 0. The molecule has 0 aromatic heterocycles. The molecule has 0 N–H and O–H groups in total. The van der Waals surface area contributed by atoms with Crippen LogP contribution in [0, 0.1) is 0 Å². The molecule has 6 heteroatoms. The summed E-state index contributed by atoms with van der Waals surface area (Å²) in [6.45, 7) is 6.49. The molecule has 6 nitrogen and oxygen atoms in total. The lowest BCUT2D eigenvalue weighted by Gasteiger charge is -2.18. The van der Waals surface area contributed by atoms with Crippen LogP contribution in [-0.4, -0.2) is 37.2 Å². The molecule has 0 rings (SSSR count). The van der Waals surface area contributed by atoms with Crippen LogP contribution in [0.2, 0.25) is 0 Å². The quantitative estimate of drug-likeness (QED) is 0.0261. The van der Waals surface area contributed by atoms with Gasteiger partial charge in [-0.25, -0.2) is 0 Å². The highest BCUT2D eigenvalue weighted by Gasteiger charge is 2.19. The van der Waals surface area contributed by atoms with Crippen molar-refractivity contribution >= 4 is 17.9 Å². The first-order chi connectivity index (χ1) is 36.0. The molecule has 0 bridgehead atoms. The minimum Gasteiger partial charge on any atom is -0.462 e. The third-order valence-electron chi connectivity index (χ3n) is 13.7. The first-order valence-electron chi connectivity index (χ1n) is 31.4. The molecule has 0 aromatic rings. The predicted octanol–water partition coefficient (Wildman–Crippen LogP) is 21.3. The van der Waals surface area contributed by atoms with Gasteiger partial charge in [0, 0.05) is 19.3 Å². The van der Waals surface area contributed by atoms with Crippen molar-refractivity contribution in [1.29, 1.82) is 0 Å². The average Bonchev–Trinajstić information content (AvgIpc) is 3.39. The van der Waals surface area contributed by atoms with Gasteiger partial charge in [-0.3, -0.25) is 14.4 Å². The normalized spacial score (nSPS) is 12.5. The second-order valence-corrected chi connectivity index (χ2v) is 20.9. The number of esters is 3. The molecule has 0 aromatic carbocycles. The SMILES string of the molecule is CC/C=C\C/C=C\C/C=C\C/C=C\CCCCCCCCCCCCC(=O)OCC(COC(=O)CCCCCCC/C=C\C/C=C\CCC)OC(=O)CCCCCCCCCCCCCCCCCCCCC. The molecule has 0 radical (unpaired) electrons. The summed E-state index contributed by atoms with van der Waals surface area (Å²) in [7, 11) is 0. The van der Waals surface area contributed by atoms with Crippen LogP contribution in [0.15, 0.2) is 72.9 Å². The Morgan fingerprint density at radius 1 is 0.288 bits per heavy atom. The van der Waals surface area contributed by atoms with E-state index in [4.69, 9.17) is 14.2 Å². The van der Waals surface area contributed by atoms with E-state index in [1.165, 1.54) is 167 Å². The van der Waals surface area contributed by atoms with E-state index >= 15 is 0 Å². The van der Waals surface area contributed by atoms with Gasteiger partial charge in [-0.15, -0.1) is 0 Å². The number of carbonyl (C=O) groups is 3. The summed E-state index contributed by atoms with van der Waals surface area (Å²) in [5.74, 6) is -0.882. The van der Waals surface area contributed by atoms with Crippen LogP contribution in [0.4, 0.5) is 0 Å². The van der Waals surface area contributed by atoms with E-state index in [2.05, 4.69) is 93.7 Å². The molecule has 0 aliphatic heterocycles. The fraction of sp³-hybridized carbons (Fsp3) is 0.776. The summed E-state index contributed by atoms with van der Waals surface area (Å²) in [5.41, 5.74) is 0. The van der Waals surface area contributed by atoms with Gasteiger partial charge in [0.15, 0.2) is 6.10 Å². The van der Waals surface area contributed by atoms with Gasteiger partial charge in [0.25, 0.3) is 0 Å². The van der Waals surface area contributed by atoms with Gasteiger partial charge in [-0.1, -0.05) is 286 Å². The summed E-state index contributed by atoms with van der Waals surface area (Å²) in [6, 6.07) is 0. The van der Waals surface area contributed by atoms with Gasteiger partial charge in [0.2, 0.25) is 0 Å². The van der Waals surface area contributed by atoms with Crippen LogP contribution in [-0.2, 0) is 28.6 Å². The van der Waals surface area contributed by atoms with Gasteiger partial charge in [0.1, 0.15) is 13.2 Å². The highest BCUT2D eigenvalue weighted by atomic mass is 16.6. The molecule has 73 heavy (non-hydrogen) atoms. The lowest BCUT2D eigenvalue weighted by molar-refractivity contribution is -0.167. The Morgan fingerprint density at radius 3 is 0.890 bits per heavy atom. The highest BCUT2D eigenvalue weighted by Crippen LogP contribution is 2.17. The molecular weight excluding hydrogens is 901 g/mol. The number of hydrogen-bond donors (Lipinski definition) is 0. The first kappa shape index (κ1) is 69.8. The maximum absolute atomic E-state index is 12.9. The van der Waals surface area contributed by atoms with Crippen molar-refractivity contribution < 1.29 is 28.6 Å². The van der Waals surface area contributed by atoms with Crippen LogP contribution in [0.3, 0.4) is 0 Å². The second-order valence-electron chi connectivity index (χ2n) is 20.9. The van der Waals surface area contributed by atoms with E-state index in [1.807, 2.05) is 0 Å². The Hall–Kier alpha value is -3.15. The van der Waals surface area contributed by atoms with Crippen LogP contribution in [0.25, 0.3) is 0 Å². The lowest BCUT2D eigenvalue weighted by Crippen LogP contribution is -2.30. The van der Waals surface area contributed by atoms with Crippen molar-refractivity contribution in [3.63, 3.8) is 0 Å². The van der Waals surface area contributed by atoms with Crippen molar-refractivity contribution in [1.82, 2.24) is 0 Å². The minimum absolute atomic E-state index is 0.0794. The molecule has 422 valence electrons. The third-order valence-corrected chi connectivity index (χ3v) is 13.7. The maximum Gasteiger partial charge on any atom is 0.306 e. The number of ether oxygens (including phenoxy) is 3. The number of allylic oxidation sites excluding steroid dienone is 12. The van der Waals surface area contributed by atoms with Crippen molar-refractivity contribution in [2.45, 2.75) is 322 Å². The zero-order chi connectivity index (χ0) is 52.9. The zero-order valence-electron chi connectivity index (χ0n) is 48.4. The van der Waals surface area contributed by atoms with E-state index in [-0.39, 0.29) is 31.1 Å². The molecule has 0 saturated carbocycles. The Morgan fingerprint density at radius 2 is 0.562 bits per heavy atom. The van der Waals surface area contributed by atoms with Gasteiger partial charge in [-0.2, -0.15) is 0 Å². The number of unbranched alkanes of at least 4 members (excludes halogenated alkanes) is 34.